The van der Waals surface area contributed by atoms with Gasteiger partial charge >= 0.3 is 0 Å². The van der Waals surface area contributed by atoms with Crippen molar-refractivity contribution in [2.45, 2.75) is 27.2 Å². The van der Waals surface area contributed by atoms with Crippen molar-refractivity contribution >= 4 is 11.6 Å². The van der Waals surface area contributed by atoms with E-state index in [1.165, 1.54) is 0 Å². The Kier molecular flexibility index (Phi) is 5.36. The molecule has 4 heteroatoms. The van der Waals surface area contributed by atoms with Crippen LogP contribution in [0.25, 0.3) is 0 Å². The molecule has 4 nitrogen and oxygen atoms in total. The lowest BCUT2D eigenvalue weighted by atomic mass is 9.89. The Balaban J connectivity index is 2.57. The lowest BCUT2D eigenvalue weighted by Gasteiger charge is -2.24. The predicted octanol–water partition coefficient (Wildman–Crippen LogP) is 2.37. The fraction of sp³-hybridized carbons (Fsp3) is 0.533. The fourth-order valence-corrected chi connectivity index (χ4v) is 1.71. The zero-order valence-corrected chi connectivity index (χ0v) is 12.2. The highest BCUT2D eigenvalue weighted by atomic mass is 16.5. The summed E-state index contributed by atoms with van der Waals surface area (Å²) in [6.07, 6.45) is 0.907. The molecule has 0 aliphatic heterocycles. The van der Waals surface area contributed by atoms with Crippen molar-refractivity contribution in [3.8, 4) is 0 Å². The predicted molar refractivity (Wildman–Crippen MR) is 78.2 cm³/mol. The third-order valence-corrected chi connectivity index (χ3v) is 3.24. The molecular formula is C15H24N2O2. The smallest absolute Gasteiger partial charge is 0.251 e. The van der Waals surface area contributed by atoms with Gasteiger partial charge < -0.3 is 15.8 Å². The second kappa shape index (κ2) is 6.57. The lowest BCUT2D eigenvalue weighted by Crippen LogP contribution is -2.34. The number of nitrogen functional groups attached to an aromatic ring is 1. The number of hydrogen-bond donors (Lipinski definition) is 2. The topological polar surface area (TPSA) is 64.3 Å². The molecule has 0 heterocycles. The maximum atomic E-state index is 12.0. The van der Waals surface area contributed by atoms with Crippen LogP contribution in [0.4, 0.5) is 5.69 Å². The first-order chi connectivity index (χ1) is 8.85. The summed E-state index contributed by atoms with van der Waals surface area (Å²) < 4.78 is 5.07. The Labute approximate surface area is 115 Å². The average Bonchev–Trinajstić information content (AvgIpc) is 2.37. The molecule has 1 aromatic rings. The molecule has 0 saturated heterocycles. The number of rotatable bonds is 6. The van der Waals surface area contributed by atoms with Crippen molar-refractivity contribution in [1.29, 1.82) is 0 Å². The summed E-state index contributed by atoms with van der Waals surface area (Å²) in [6.45, 7) is 7.44. The van der Waals surface area contributed by atoms with Gasteiger partial charge in [0.2, 0.25) is 0 Å². The molecule has 0 aliphatic carbocycles. The minimum Gasteiger partial charge on any atom is -0.399 e. The van der Waals surface area contributed by atoms with Gasteiger partial charge in [-0.25, -0.2) is 0 Å². The molecule has 0 spiro atoms. The average molecular weight is 264 g/mol. The minimum atomic E-state index is -0.0615. The van der Waals surface area contributed by atoms with Crippen LogP contribution in [0.1, 0.15) is 36.2 Å². The third-order valence-electron chi connectivity index (χ3n) is 3.24. The van der Waals surface area contributed by atoms with Crippen LogP contribution in [0.5, 0.6) is 0 Å². The molecule has 1 aromatic carbocycles. The van der Waals surface area contributed by atoms with Gasteiger partial charge in [-0.3, -0.25) is 4.79 Å². The quantitative estimate of drug-likeness (QED) is 0.775. The summed E-state index contributed by atoms with van der Waals surface area (Å²) >= 11 is 0. The van der Waals surface area contributed by atoms with Crippen molar-refractivity contribution in [2.75, 3.05) is 26.0 Å². The molecule has 0 unspecified atom stereocenters. The zero-order chi connectivity index (χ0) is 14.5. The number of carbonyl (C=O) groups excluding carboxylic acids is 1. The van der Waals surface area contributed by atoms with Crippen LogP contribution in [-0.4, -0.2) is 26.2 Å². The van der Waals surface area contributed by atoms with Crippen molar-refractivity contribution < 1.29 is 9.53 Å². The van der Waals surface area contributed by atoms with Crippen molar-refractivity contribution in [3.63, 3.8) is 0 Å². The van der Waals surface area contributed by atoms with Crippen LogP contribution in [0, 0.1) is 12.3 Å². The van der Waals surface area contributed by atoms with E-state index in [1.54, 1.807) is 19.2 Å². The number of hydrogen-bond acceptors (Lipinski definition) is 3. The largest absolute Gasteiger partial charge is 0.399 e. The Morgan fingerprint density at radius 3 is 2.68 bits per heavy atom. The maximum Gasteiger partial charge on any atom is 0.251 e. The molecule has 1 rings (SSSR count). The van der Waals surface area contributed by atoms with Crippen molar-refractivity contribution in [3.05, 3.63) is 29.3 Å². The second-order valence-corrected chi connectivity index (χ2v) is 5.66. The van der Waals surface area contributed by atoms with E-state index in [0.717, 1.165) is 12.0 Å². The van der Waals surface area contributed by atoms with Crippen LogP contribution in [0.2, 0.25) is 0 Å². The van der Waals surface area contributed by atoms with E-state index in [-0.39, 0.29) is 11.3 Å². The highest BCUT2D eigenvalue weighted by Crippen LogP contribution is 2.19. The van der Waals surface area contributed by atoms with Gasteiger partial charge in [-0.2, -0.15) is 0 Å². The van der Waals surface area contributed by atoms with Gasteiger partial charge in [0.15, 0.2) is 0 Å². The molecule has 0 atom stereocenters. The monoisotopic (exact) mass is 264 g/mol. The van der Waals surface area contributed by atoms with E-state index in [1.807, 2.05) is 13.0 Å². The third kappa shape index (κ3) is 4.91. The van der Waals surface area contributed by atoms with Crippen LogP contribution >= 0.6 is 0 Å². The van der Waals surface area contributed by atoms with Crippen LogP contribution in [0.15, 0.2) is 18.2 Å². The summed E-state index contributed by atoms with van der Waals surface area (Å²) in [6, 6.07) is 5.33. The standard InChI is InChI=1S/C15H24N2O2/c1-11-9-12(5-6-13(11)16)14(18)17-10-15(2,3)7-8-19-4/h5-6,9H,7-8,10,16H2,1-4H3,(H,17,18). The highest BCUT2D eigenvalue weighted by molar-refractivity contribution is 5.94. The molecule has 3 N–H and O–H groups in total. The number of nitrogens with one attached hydrogen (secondary N) is 1. The van der Waals surface area contributed by atoms with E-state index in [9.17, 15) is 4.79 Å². The van der Waals surface area contributed by atoms with Gasteiger partial charge in [-0.05, 0) is 42.5 Å². The van der Waals surface area contributed by atoms with Gasteiger partial charge in [-0.1, -0.05) is 13.8 Å². The summed E-state index contributed by atoms with van der Waals surface area (Å²) in [5.74, 6) is -0.0615. The molecule has 106 valence electrons. The van der Waals surface area contributed by atoms with Crippen LogP contribution in [0.3, 0.4) is 0 Å². The van der Waals surface area contributed by atoms with Gasteiger partial charge in [0, 0.05) is 31.5 Å². The number of ether oxygens (including phenoxy) is 1. The Morgan fingerprint density at radius 2 is 2.11 bits per heavy atom. The molecule has 0 radical (unpaired) electrons. The van der Waals surface area contributed by atoms with Crippen LogP contribution in [-0.2, 0) is 4.74 Å². The van der Waals surface area contributed by atoms with Gasteiger partial charge in [-0.15, -0.1) is 0 Å². The number of nitrogens with two attached hydrogens (primary N) is 1. The van der Waals surface area contributed by atoms with E-state index >= 15 is 0 Å². The summed E-state index contributed by atoms with van der Waals surface area (Å²) in [5.41, 5.74) is 8.04. The summed E-state index contributed by atoms with van der Waals surface area (Å²) in [7, 11) is 1.69. The van der Waals surface area contributed by atoms with E-state index in [2.05, 4.69) is 19.2 Å². The normalized spacial score (nSPS) is 11.4. The molecule has 0 saturated carbocycles. The number of benzene rings is 1. The first kappa shape index (κ1) is 15.5. The second-order valence-electron chi connectivity index (χ2n) is 5.66. The summed E-state index contributed by atoms with van der Waals surface area (Å²) in [4.78, 5) is 12.0. The SMILES string of the molecule is COCCC(C)(C)CNC(=O)c1ccc(N)c(C)c1. The highest BCUT2D eigenvalue weighted by Gasteiger charge is 2.19. The first-order valence-corrected chi connectivity index (χ1v) is 6.49. The van der Waals surface area contributed by atoms with Crippen LogP contribution < -0.4 is 11.1 Å². The molecule has 19 heavy (non-hydrogen) atoms. The number of anilines is 1. The molecular weight excluding hydrogens is 240 g/mol. The Bertz CT molecular complexity index is 442. The van der Waals surface area contributed by atoms with Crippen molar-refractivity contribution in [1.82, 2.24) is 5.32 Å². The van der Waals surface area contributed by atoms with E-state index in [0.29, 0.717) is 24.4 Å². The van der Waals surface area contributed by atoms with Gasteiger partial charge in [0.25, 0.3) is 5.91 Å². The zero-order valence-electron chi connectivity index (χ0n) is 12.2. The Hall–Kier alpha value is -1.55. The lowest BCUT2D eigenvalue weighted by molar-refractivity contribution is 0.0921. The summed E-state index contributed by atoms with van der Waals surface area (Å²) in [5, 5.41) is 2.96. The van der Waals surface area contributed by atoms with Gasteiger partial charge in [0.1, 0.15) is 0 Å². The minimum absolute atomic E-state index is 0.0223. The number of carbonyl (C=O) groups is 1. The van der Waals surface area contributed by atoms with E-state index < -0.39 is 0 Å². The molecule has 0 bridgehead atoms. The van der Waals surface area contributed by atoms with Crippen molar-refractivity contribution in [2.24, 2.45) is 5.41 Å². The van der Waals surface area contributed by atoms with Gasteiger partial charge in [0.05, 0.1) is 0 Å². The first-order valence-electron chi connectivity index (χ1n) is 6.49. The van der Waals surface area contributed by atoms with E-state index in [4.69, 9.17) is 10.5 Å². The molecule has 1 amide bonds. The Morgan fingerprint density at radius 1 is 1.42 bits per heavy atom. The number of amides is 1. The number of methoxy groups -OCH3 is 1. The molecule has 0 fully saturated rings. The molecule has 0 aromatic heterocycles. The number of aryl methyl sites for hydroxylation is 1. The molecule has 0 aliphatic rings. The fourth-order valence-electron chi connectivity index (χ4n) is 1.71. The maximum absolute atomic E-state index is 12.0.